The van der Waals surface area contributed by atoms with Gasteiger partial charge in [0.2, 0.25) is 0 Å². The molecule has 3 rings (SSSR count). The molecule has 0 saturated carbocycles. The van der Waals surface area contributed by atoms with E-state index in [4.69, 9.17) is 0 Å². The predicted octanol–water partition coefficient (Wildman–Crippen LogP) is 7.33. The van der Waals surface area contributed by atoms with E-state index >= 15 is 0 Å². The summed E-state index contributed by atoms with van der Waals surface area (Å²) < 4.78 is 0. The molecule has 1 fully saturated rings. The Morgan fingerprint density at radius 3 is 1.83 bits per heavy atom. The number of piperidine rings is 1. The lowest BCUT2D eigenvalue weighted by Gasteiger charge is -2.29. The smallest absolute Gasteiger partial charge is 0.0722 e. The van der Waals surface area contributed by atoms with Crippen LogP contribution in [0.15, 0.2) is 36.5 Å². The van der Waals surface area contributed by atoms with Crippen molar-refractivity contribution >= 4 is 16.6 Å². The van der Waals surface area contributed by atoms with Crippen molar-refractivity contribution in [3.63, 3.8) is 0 Å². The molecular weight excluding hydrogens is 292 g/mol. The number of para-hydroxylation sites is 1. The van der Waals surface area contributed by atoms with Crippen molar-refractivity contribution in [1.82, 2.24) is 4.98 Å². The Morgan fingerprint density at radius 1 is 0.708 bits per heavy atom. The van der Waals surface area contributed by atoms with Gasteiger partial charge >= 0.3 is 0 Å². The standard InChI is InChI=1S/C14H16N2.4C2H6/c1-4-10-16(11-5-1)14-8-9-15-13-7-3-2-6-12(13)14;4*1-2/h2-3,6-9H,1,4-5,10-11H2;4*1-2H3. The van der Waals surface area contributed by atoms with Gasteiger partial charge in [-0.05, 0) is 31.4 Å². The highest BCUT2D eigenvalue weighted by Crippen LogP contribution is 2.27. The molecule has 1 aliphatic heterocycles. The number of rotatable bonds is 1. The molecule has 0 unspecified atom stereocenters. The molecule has 24 heavy (non-hydrogen) atoms. The van der Waals surface area contributed by atoms with Gasteiger partial charge in [-0.25, -0.2) is 0 Å². The van der Waals surface area contributed by atoms with E-state index in [0.717, 1.165) is 5.52 Å². The second-order valence-electron chi connectivity index (χ2n) is 4.39. The lowest BCUT2D eigenvalue weighted by molar-refractivity contribution is 0.579. The number of aromatic nitrogens is 1. The van der Waals surface area contributed by atoms with Gasteiger partial charge in [0.1, 0.15) is 0 Å². The number of nitrogens with zero attached hydrogens (tertiary/aromatic N) is 2. The molecule has 0 N–H and O–H groups in total. The topological polar surface area (TPSA) is 16.1 Å². The van der Waals surface area contributed by atoms with Crippen LogP contribution >= 0.6 is 0 Å². The largest absolute Gasteiger partial charge is 0.371 e. The summed E-state index contributed by atoms with van der Waals surface area (Å²) in [6.45, 7) is 18.4. The molecule has 1 aromatic carbocycles. The SMILES string of the molecule is CC.CC.CC.CC.c1ccc2c(N3CCCCC3)ccnc2c1. The summed E-state index contributed by atoms with van der Waals surface area (Å²) in [5, 5.41) is 1.28. The molecule has 0 aliphatic carbocycles. The number of pyridine rings is 1. The molecular formula is C22H40N2. The number of anilines is 1. The first-order chi connectivity index (χ1) is 11.9. The van der Waals surface area contributed by atoms with Gasteiger partial charge in [0.25, 0.3) is 0 Å². The van der Waals surface area contributed by atoms with E-state index in [1.54, 1.807) is 0 Å². The molecule has 1 aromatic heterocycles. The number of hydrogen-bond donors (Lipinski definition) is 0. The van der Waals surface area contributed by atoms with Crippen LogP contribution in [0.2, 0.25) is 0 Å². The lowest BCUT2D eigenvalue weighted by Crippen LogP contribution is -2.29. The molecule has 0 atom stereocenters. The van der Waals surface area contributed by atoms with Gasteiger partial charge in [-0.2, -0.15) is 0 Å². The summed E-state index contributed by atoms with van der Waals surface area (Å²) in [7, 11) is 0. The zero-order valence-electron chi connectivity index (χ0n) is 17.4. The quantitative estimate of drug-likeness (QED) is 0.543. The van der Waals surface area contributed by atoms with Crippen LogP contribution in [0.3, 0.4) is 0 Å². The fraction of sp³-hybridized carbons (Fsp3) is 0.591. The summed E-state index contributed by atoms with van der Waals surface area (Å²) in [5.41, 5.74) is 2.45. The van der Waals surface area contributed by atoms with E-state index in [9.17, 15) is 0 Å². The molecule has 2 aromatic rings. The van der Waals surface area contributed by atoms with Gasteiger partial charge in [-0.3, -0.25) is 4.98 Å². The Kier molecular flexibility index (Phi) is 18.3. The highest BCUT2D eigenvalue weighted by Gasteiger charge is 2.13. The third-order valence-electron chi connectivity index (χ3n) is 3.32. The Morgan fingerprint density at radius 2 is 1.25 bits per heavy atom. The van der Waals surface area contributed by atoms with Crippen LogP contribution in [0.4, 0.5) is 5.69 Å². The van der Waals surface area contributed by atoms with Crippen molar-refractivity contribution in [2.24, 2.45) is 0 Å². The Balaban J connectivity index is 0. The summed E-state index contributed by atoms with van der Waals surface area (Å²) in [6.07, 6.45) is 5.93. The highest BCUT2D eigenvalue weighted by molar-refractivity contribution is 5.91. The second kappa shape index (κ2) is 17.8. The molecule has 138 valence electrons. The minimum Gasteiger partial charge on any atom is -0.371 e. The fourth-order valence-electron chi connectivity index (χ4n) is 2.49. The summed E-state index contributed by atoms with van der Waals surface area (Å²) >= 11 is 0. The van der Waals surface area contributed by atoms with Gasteiger partial charge in [-0.1, -0.05) is 73.6 Å². The maximum absolute atomic E-state index is 4.41. The molecule has 1 aliphatic rings. The zero-order chi connectivity index (χ0) is 18.8. The van der Waals surface area contributed by atoms with E-state index < -0.39 is 0 Å². The minimum atomic E-state index is 1.10. The zero-order valence-corrected chi connectivity index (χ0v) is 17.4. The first-order valence-corrected chi connectivity index (χ1v) is 10.0. The van der Waals surface area contributed by atoms with E-state index in [2.05, 4.69) is 40.2 Å². The summed E-state index contributed by atoms with van der Waals surface area (Å²) in [4.78, 5) is 6.90. The Hall–Kier alpha value is -1.57. The third-order valence-corrected chi connectivity index (χ3v) is 3.32. The predicted molar refractivity (Wildman–Crippen MR) is 113 cm³/mol. The van der Waals surface area contributed by atoms with Crippen LogP contribution in [0, 0.1) is 0 Å². The van der Waals surface area contributed by atoms with Crippen molar-refractivity contribution in [2.45, 2.75) is 74.7 Å². The van der Waals surface area contributed by atoms with Crippen molar-refractivity contribution in [3.05, 3.63) is 36.5 Å². The Labute approximate surface area is 151 Å². The van der Waals surface area contributed by atoms with Gasteiger partial charge < -0.3 is 4.90 Å². The molecule has 0 spiro atoms. The van der Waals surface area contributed by atoms with Crippen molar-refractivity contribution in [2.75, 3.05) is 18.0 Å². The van der Waals surface area contributed by atoms with Crippen molar-refractivity contribution in [3.8, 4) is 0 Å². The van der Waals surface area contributed by atoms with Gasteiger partial charge in [-0.15, -0.1) is 0 Å². The van der Waals surface area contributed by atoms with E-state index in [1.807, 2.05) is 61.6 Å². The van der Waals surface area contributed by atoms with E-state index in [-0.39, 0.29) is 0 Å². The van der Waals surface area contributed by atoms with Crippen LogP contribution in [-0.2, 0) is 0 Å². The van der Waals surface area contributed by atoms with Crippen LogP contribution in [0.1, 0.15) is 74.7 Å². The normalized spacial score (nSPS) is 12.1. The second-order valence-corrected chi connectivity index (χ2v) is 4.39. The molecule has 1 saturated heterocycles. The van der Waals surface area contributed by atoms with Gasteiger partial charge in [0, 0.05) is 30.4 Å². The van der Waals surface area contributed by atoms with E-state index in [1.165, 1.54) is 43.4 Å². The minimum absolute atomic E-state index is 1.10. The van der Waals surface area contributed by atoms with Gasteiger partial charge in [0.05, 0.1) is 5.52 Å². The van der Waals surface area contributed by atoms with Crippen molar-refractivity contribution in [1.29, 1.82) is 0 Å². The van der Waals surface area contributed by atoms with E-state index in [0.29, 0.717) is 0 Å². The first kappa shape index (κ1) is 24.7. The van der Waals surface area contributed by atoms with Crippen LogP contribution in [-0.4, -0.2) is 18.1 Å². The highest BCUT2D eigenvalue weighted by atomic mass is 15.1. The average Bonchev–Trinajstić information content (AvgIpc) is 2.74. The number of fused-ring (bicyclic) bond motifs is 1. The first-order valence-electron chi connectivity index (χ1n) is 10.0. The molecule has 0 radical (unpaired) electrons. The molecule has 0 amide bonds. The molecule has 0 bridgehead atoms. The van der Waals surface area contributed by atoms with Gasteiger partial charge in [0.15, 0.2) is 0 Å². The lowest BCUT2D eigenvalue weighted by atomic mass is 10.1. The average molecular weight is 333 g/mol. The van der Waals surface area contributed by atoms with Crippen LogP contribution in [0.25, 0.3) is 10.9 Å². The summed E-state index contributed by atoms with van der Waals surface area (Å²) in [6, 6.07) is 10.6. The maximum atomic E-state index is 4.41. The molecule has 2 heterocycles. The molecule has 2 nitrogen and oxygen atoms in total. The number of hydrogen-bond acceptors (Lipinski definition) is 2. The number of benzene rings is 1. The van der Waals surface area contributed by atoms with Crippen molar-refractivity contribution < 1.29 is 0 Å². The maximum Gasteiger partial charge on any atom is 0.0722 e. The third kappa shape index (κ3) is 7.81. The Bertz CT molecular complexity index is 483. The molecule has 2 heteroatoms. The van der Waals surface area contributed by atoms with Crippen LogP contribution < -0.4 is 4.90 Å². The summed E-state index contributed by atoms with van der Waals surface area (Å²) in [5.74, 6) is 0. The van der Waals surface area contributed by atoms with Crippen LogP contribution in [0.5, 0.6) is 0 Å². The monoisotopic (exact) mass is 332 g/mol. The fourth-order valence-corrected chi connectivity index (χ4v) is 2.49.